The molecule has 5 nitrogen and oxygen atoms in total. The summed E-state index contributed by atoms with van der Waals surface area (Å²) < 4.78 is 6.00. The van der Waals surface area contributed by atoms with Crippen LogP contribution in [-0.2, 0) is 11.2 Å². The molecule has 3 rings (SSSR count). The van der Waals surface area contributed by atoms with Crippen molar-refractivity contribution in [3.63, 3.8) is 0 Å². The predicted octanol–water partition coefficient (Wildman–Crippen LogP) is 7.29. The number of hydrogen-bond donors (Lipinski definition) is 2. The van der Waals surface area contributed by atoms with E-state index in [1.54, 1.807) is 31.5 Å². The number of phenolic OH excluding ortho intramolecular Hbond substituents is 1. The molecule has 2 N–H and O–H groups in total. The number of amides is 1. The number of methoxy groups -OCH3 is 1. The number of phenols is 1. The van der Waals surface area contributed by atoms with Crippen molar-refractivity contribution < 1.29 is 14.6 Å². The first-order valence-corrected chi connectivity index (χ1v) is 11.8. The van der Waals surface area contributed by atoms with Crippen LogP contribution in [0.5, 0.6) is 11.5 Å². The van der Waals surface area contributed by atoms with E-state index in [1.165, 1.54) is 0 Å². The fourth-order valence-electron chi connectivity index (χ4n) is 3.30. The monoisotopic (exact) mass is 528 g/mol. The molecule has 0 heterocycles. The molecule has 1 amide bonds. The molecule has 0 unspecified atom stereocenters. The summed E-state index contributed by atoms with van der Waals surface area (Å²) in [6.45, 7) is 2.05. The van der Waals surface area contributed by atoms with Crippen molar-refractivity contribution in [2.45, 2.75) is 32.6 Å². The van der Waals surface area contributed by atoms with Crippen LogP contribution in [0.1, 0.15) is 42.9 Å². The van der Waals surface area contributed by atoms with Crippen LogP contribution in [0, 0.1) is 0 Å². The van der Waals surface area contributed by atoms with Crippen molar-refractivity contribution in [2.75, 3.05) is 12.4 Å². The molecule has 3 aromatic rings. The number of nitrogens with one attached hydrogen (secondary N) is 1. The average Bonchev–Trinajstić information content (AvgIpc) is 2.81. The van der Waals surface area contributed by atoms with Crippen LogP contribution in [0.2, 0.25) is 5.02 Å². The van der Waals surface area contributed by atoms with Gasteiger partial charge >= 0.3 is 0 Å². The summed E-state index contributed by atoms with van der Waals surface area (Å²) in [6.07, 6.45) is 4.49. The summed E-state index contributed by atoms with van der Waals surface area (Å²) in [5.74, 6) is 0.581. The minimum Gasteiger partial charge on any atom is -0.506 e. The van der Waals surface area contributed by atoms with Crippen LogP contribution in [0.4, 0.5) is 11.4 Å². The number of nitrogens with zero attached hydrogens (tertiary/aromatic N) is 1. The summed E-state index contributed by atoms with van der Waals surface area (Å²) in [5, 5.41) is 14.1. The molecule has 0 radical (unpaired) electrons. The lowest BCUT2D eigenvalue weighted by molar-refractivity contribution is -0.116. The Morgan fingerprint density at radius 3 is 2.73 bits per heavy atom. The highest BCUT2D eigenvalue weighted by atomic mass is 79.9. The van der Waals surface area contributed by atoms with E-state index in [2.05, 4.69) is 26.2 Å². The average molecular weight is 530 g/mol. The Labute approximate surface area is 207 Å². The van der Waals surface area contributed by atoms with E-state index >= 15 is 0 Å². The van der Waals surface area contributed by atoms with E-state index in [0.29, 0.717) is 45.0 Å². The van der Waals surface area contributed by atoms with Gasteiger partial charge in [-0.3, -0.25) is 9.79 Å². The summed E-state index contributed by atoms with van der Waals surface area (Å²) in [6, 6.07) is 16.7. The highest BCUT2D eigenvalue weighted by Gasteiger charge is 2.10. The van der Waals surface area contributed by atoms with Crippen molar-refractivity contribution in [1.82, 2.24) is 0 Å². The predicted molar refractivity (Wildman–Crippen MR) is 138 cm³/mol. The lowest BCUT2D eigenvalue weighted by atomic mass is 10.0. The molecule has 0 aliphatic heterocycles. The first-order valence-electron chi connectivity index (χ1n) is 10.7. The van der Waals surface area contributed by atoms with Gasteiger partial charge in [0.25, 0.3) is 0 Å². The zero-order valence-corrected chi connectivity index (χ0v) is 20.9. The lowest BCUT2D eigenvalue weighted by Crippen LogP contribution is -2.11. The van der Waals surface area contributed by atoms with Gasteiger partial charge in [-0.25, -0.2) is 0 Å². The number of ether oxygens (including phenoxy) is 1. The van der Waals surface area contributed by atoms with Crippen LogP contribution in [0.3, 0.4) is 0 Å². The van der Waals surface area contributed by atoms with Crippen molar-refractivity contribution in [1.29, 1.82) is 0 Å². The first-order chi connectivity index (χ1) is 15.9. The number of halogens is 2. The molecule has 33 heavy (non-hydrogen) atoms. The molecule has 0 saturated heterocycles. The Balaban J connectivity index is 1.81. The molecule has 7 heteroatoms. The number of carbonyl (C=O) groups is 1. The largest absolute Gasteiger partial charge is 0.506 e. The Morgan fingerprint density at radius 1 is 1.21 bits per heavy atom. The van der Waals surface area contributed by atoms with Gasteiger partial charge in [-0.2, -0.15) is 0 Å². The molecule has 0 atom stereocenters. The van der Waals surface area contributed by atoms with Crippen molar-refractivity contribution >= 4 is 51.0 Å². The second kappa shape index (κ2) is 11.9. The van der Waals surface area contributed by atoms with E-state index in [0.717, 1.165) is 24.0 Å². The first kappa shape index (κ1) is 24.8. The minimum atomic E-state index is -0.0449. The summed E-state index contributed by atoms with van der Waals surface area (Å²) in [5.41, 5.74) is 3.79. The Morgan fingerprint density at radius 2 is 2.00 bits per heavy atom. The second-order valence-corrected chi connectivity index (χ2v) is 8.84. The number of unbranched alkanes of at least 4 members (excludes halogenated alkanes) is 1. The highest BCUT2D eigenvalue weighted by Crippen LogP contribution is 2.32. The van der Waals surface area contributed by atoms with E-state index in [1.807, 2.05) is 43.3 Å². The number of benzene rings is 3. The van der Waals surface area contributed by atoms with Crippen molar-refractivity contribution in [3.05, 3.63) is 80.8 Å². The molecule has 172 valence electrons. The number of carbonyl (C=O) groups excluding carboxylic acids is 1. The highest BCUT2D eigenvalue weighted by molar-refractivity contribution is 9.10. The molecule has 0 aliphatic carbocycles. The molecule has 0 saturated carbocycles. The van der Waals surface area contributed by atoms with Crippen LogP contribution < -0.4 is 10.1 Å². The van der Waals surface area contributed by atoms with E-state index in [-0.39, 0.29) is 11.7 Å². The number of aromatic hydroxyl groups is 1. The molecular formula is C26H26BrClN2O3. The lowest BCUT2D eigenvalue weighted by Gasteiger charge is -2.11. The van der Waals surface area contributed by atoms with E-state index < -0.39 is 0 Å². The third-order valence-electron chi connectivity index (χ3n) is 5.07. The zero-order chi connectivity index (χ0) is 23.8. The van der Waals surface area contributed by atoms with Gasteiger partial charge in [0.2, 0.25) is 5.91 Å². The van der Waals surface area contributed by atoms with Crippen LogP contribution in [0.25, 0.3) is 0 Å². The molecule has 0 aromatic heterocycles. The Bertz CT molecular complexity index is 1160. The fourth-order valence-corrected chi connectivity index (χ4v) is 4.02. The molecule has 0 fully saturated rings. The number of anilines is 1. The molecular weight excluding hydrogens is 504 g/mol. The van der Waals surface area contributed by atoms with Gasteiger partial charge in [0, 0.05) is 29.3 Å². The standard InChI is InChI=1S/C26H26BrClN2O3/c1-3-4-9-25(31)30-23-11-10-20(15-24(23)33-2)29-16-19-13-17(14-21(27)26(19)32)12-18-7-5-6-8-22(18)28/h5-8,10-11,13-16,32H,3-4,9,12H2,1-2H3,(H,30,31). The van der Waals surface area contributed by atoms with Gasteiger partial charge in [0.1, 0.15) is 11.5 Å². The number of rotatable bonds is 9. The van der Waals surface area contributed by atoms with Gasteiger partial charge in [0.05, 0.1) is 23.0 Å². The molecule has 0 aliphatic rings. The van der Waals surface area contributed by atoms with Crippen molar-refractivity contribution in [3.8, 4) is 11.5 Å². The van der Waals surface area contributed by atoms with E-state index in [4.69, 9.17) is 16.3 Å². The molecule has 3 aromatic carbocycles. The SMILES string of the molecule is CCCCC(=O)Nc1ccc(N=Cc2cc(Cc3ccccc3Cl)cc(Br)c2O)cc1OC. The quantitative estimate of drug-likeness (QED) is 0.286. The van der Waals surface area contributed by atoms with Gasteiger partial charge < -0.3 is 15.2 Å². The van der Waals surface area contributed by atoms with E-state index in [9.17, 15) is 9.90 Å². The van der Waals surface area contributed by atoms with Gasteiger partial charge in [-0.15, -0.1) is 0 Å². The maximum atomic E-state index is 12.1. The topological polar surface area (TPSA) is 70.9 Å². The summed E-state index contributed by atoms with van der Waals surface area (Å²) >= 11 is 9.72. The minimum absolute atomic E-state index is 0.0449. The molecule has 0 spiro atoms. The maximum absolute atomic E-state index is 12.1. The Hall–Kier alpha value is -2.83. The normalized spacial score (nSPS) is 11.0. The fraction of sp³-hybridized carbons (Fsp3) is 0.231. The summed E-state index contributed by atoms with van der Waals surface area (Å²) in [4.78, 5) is 16.5. The van der Waals surface area contributed by atoms with Gasteiger partial charge in [0.15, 0.2) is 0 Å². The van der Waals surface area contributed by atoms with Crippen LogP contribution >= 0.6 is 27.5 Å². The van der Waals surface area contributed by atoms with Gasteiger partial charge in [-0.05, 0) is 70.2 Å². The number of aliphatic imine (C=N–C) groups is 1. The summed E-state index contributed by atoms with van der Waals surface area (Å²) in [7, 11) is 1.55. The van der Waals surface area contributed by atoms with Crippen LogP contribution in [0.15, 0.2) is 64.1 Å². The number of hydrogen-bond acceptors (Lipinski definition) is 4. The zero-order valence-electron chi connectivity index (χ0n) is 18.6. The molecule has 0 bridgehead atoms. The Kier molecular flexibility index (Phi) is 8.92. The maximum Gasteiger partial charge on any atom is 0.224 e. The second-order valence-electron chi connectivity index (χ2n) is 7.58. The third kappa shape index (κ3) is 6.83. The van der Waals surface area contributed by atoms with Crippen LogP contribution in [-0.4, -0.2) is 24.3 Å². The van der Waals surface area contributed by atoms with Gasteiger partial charge in [-0.1, -0.05) is 43.1 Å². The van der Waals surface area contributed by atoms with Crippen molar-refractivity contribution in [2.24, 2.45) is 4.99 Å². The smallest absolute Gasteiger partial charge is 0.224 e. The third-order valence-corrected chi connectivity index (χ3v) is 6.05.